The third kappa shape index (κ3) is 9.17. The van der Waals surface area contributed by atoms with E-state index in [1.54, 1.807) is 0 Å². The van der Waals surface area contributed by atoms with Crippen LogP contribution in [-0.4, -0.2) is 49.0 Å². The largest absolute Gasteiger partial charge is 0.466 e. The van der Waals surface area contributed by atoms with E-state index in [-0.39, 0.29) is 17.1 Å². The van der Waals surface area contributed by atoms with Gasteiger partial charge in [-0.2, -0.15) is 9.66 Å². The number of aromatic nitrogens is 4. The molecule has 0 saturated carbocycles. The minimum Gasteiger partial charge on any atom is -0.368 e. The van der Waals surface area contributed by atoms with Crippen molar-refractivity contribution in [3.63, 3.8) is 0 Å². The Bertz CT molecular complexity index is 736. The standard InChI is InChI=1S/C5H6N6O.2H3O4P/c6-5-10-3-2(8-1-9-3)4(12)11(5)7;2*1-5(2,3)4/h1H,7H2,(H2,6,10)(H,8,9);2*(H3,1,2,3,4). The highest BCUT2D eigenvalue weighted by atomic mass is 31.2. The Labute approximate surface area is 120 Å². The first-order valence-corrected chi connectivity index (χ1v) is 7.86. The summed E-state index contributed by atoms with van der Waals surface area (Å²) in [6, 6.07) is 0. The number of rotatable bonds is 0. The van der Waals surface area contributed by atoms with Crippen LogP contribution in [-0.2, 0) is 9.13 Å². The summed E-state index contributed by atoms with van der Waals surface area (Å²) < 4.78 is 18.5. The summed E-state index contributed by atoms with van der Waals surface area (Å²) in [4.78, 5) is 64.5. The molecule has 22 heavy (non-hydrogen) atoms. The van der Waals surface area contributed by atoms with Gasteiger partial charge in [-0.3, -0.25) is 4.79 Å². The predicted octanol–water partition coefficient (Wildman–Crippen LogP) is -3.44. The van der Waals surface area contributed by atoms with Crippen LogP contribution >= 0.6 is 15.6 Å². The summed E-state index contributed by atoms with van der Waals surface area (Å²) in [5.41, 5.74) is 5.42. The molecule has 0 saturated heterocycles. The molecule has 2 aromatic rings. The van der Waals surface area contributed by atoms with Gasteiger partial charge in [0, 0.05) is 0 Å². The van der Waals surface area contributed by atoms with E-state index in [9.17, 15) is 4.79 Å². The number of fused-ring (bicyclic) bond motifs is 1. The Morgan fingerprint density at radius 2 is 1.50 bits per heavy atom. The molecule has 17 heteroatoms. The maximum atomic E-state index is 11.3. The summed E-state index contributed by atoms with van der Waals surface area (Å²) >= 11 is 0. The Morgan fingerprint density at radius 3 is 1.91 bits per heavy atom. The molecule has 2 rings (SSSR count). The first-order chi connectivity index (χ1) is 9.70. The Balaban J connectivity index is 0.000000372. The van der Waals surface area contributed by atoms with Crippen molar-refractivity contribution in [1.29, 1.82) is 0 Å². The topological polar surface area (TPSA) is 271 Å². The second kappa shape index (κ2) is 7.44. The van der Waals surface area contributed by atoms with Crippen LogP contribution in [0, 0.1) is 0 Å². The van der Waals surface area contributed by atoms with Crippen LogP contribution < -0.4 is 17.1 Å². The molecule has 0 aliphatic heterocycles. The van der Waals surface area contributed by atoms with Crippen molar-refractivity contribution in [3.05, 3.63) is 16.7 Å². The fourth-order valence-corrected chi connectivity index (χ4v) is 0.916. The molecule has 0 aliphatic carbocycles. The molecule has 0 amide bonds. The molecule has 11 N–H and O–H groups in total. The Kier molecular flexibility index (Phi) is 6.82. The molecule has 0 aliphatic rings. The van der Waals surface area contributed by atoms with Gasteiger partial charge in [-0.05, 0) is 0 Å². The molecule has 0 fully saturated rings. The Hall–Kier alpha value is -1.83. The van der Waals surface area contributed by atoms with E-state index < -0.39 is 21.2 Å². The van der Waals surface area contributed by atoms with E-state index in [2.05, 4.69) is 15.0 Å². The van der Waals surface area contributed by atoms with Crippen molar-refractivity contribution in [2.45, 2.75) is 0 Å². The maximum Gasteiger partial charge on any atom is 0.466 e. The van der Waals surface area contributed by atoms with Crippen LogP contribution in [0.2, 0.25) is 0 Å². The fraction of sp³-hybridized carbons (Fsp3) is 0. The van der Waals surface area contributed by atoms with Crippen molar-refractivity contribution in [1.82, 2.24) is 19.6 Å². The van der Waals surface area contributed by atoms with Crippen LogP contribution in [0.25, 0.3) is 11.2 Å². The third-order valence-corrected chi connectivity index (χ3v) is 1.52. The molecule has 0 radical (unpaired) electrons. The highest BCUT2D eigenvalue weighted by molar-refractivity contribution is 7.45. The molecular weight excluding hydrogens is 350 g/mol. The predicted molar refractivity (Wildman–Crippen MR) is 71.2 cm³/mol. The van der Waals surface area contributed by atoms with Gasteiger partial charge in [0.25, 0.3) is 5.56 Å². The molecule has 0 unspecified atom stereocenters. The minimum atomic E-state index is -4.64. The van der Waals surface area contributed by atoms with E-state index in [4.69, 9.17) is 50.1 Å². The number of nitrogen functional groups attached to an aromatic ring is 2. The zero-order chi connectivity index (χ0) is 17.7. The van der Waals surface area contributed by atoms with Gasteiger partial charge < -0.3 is 45.9 Å². The van der Waals surface area contributed by atoms with Gasteiger partial charge in [0.05, 0.1) is 6.33 Å². The smallest absolute Gasteiger partial charge is 0.368 e. The first-order valence-electron chi connectivity index (χ1n) is 4.73. The van der Waals surface area contributed by atoms with Gasteiger partial charge in [-0.1, -0.05) is 0 Å². The van der Waals surface area contributed by atoms with E-state index in [1.807, 2.05) is 0 Å². The Morgan fingerprint density at radius 1 is 1.09 bits per heavy atom. The molecule has 2 heterocycles. The van der Waals surface area contributed by atoms with Crippen LogP contribution in [0.4, 0.5) is 5.95 Å². The monoisotopic (exact) mass is 362 g/mol. The second-order valence-electron chi connectivity index (χ2n) is 3.27. The number of imidazole rings is 1. The molecule has 0 aromatic carbocycles. The minimum absolute atomic E-state index is 0.0559. The van der Waals surface area contributed by atoms with Crippen LogP contribution in [0.5, 0.6) is 0 Å². The summed E-state index contributed by atoms with van der Waals surface area (Å²) in [7, 11) is -9.28. The number of nitrogens with zero attached hydrogens (tertiary/aromatic N) is 3. The summed E-state index contributed by atoms with van der Waals surface area (Å²) in [5.74, 6) is 5.22. The highest BCUT2D eigenvalue weighted by Crippen LogP contribution is 2.26. The summed E-state index contributed by atoms with van der Waals surface area (Å²) in [5, 5.41) is 0. The molecule has 15 nitrogen and oxygen atoms in total. The average Bonchev–Trinajstić information content (AvgIpc) is 2.69. The zero-order valence-corrected chi connectivity index (χ0v) is 12.2. The number of H-pyrrole nitrogens is 1. The van der Waals surface area contributed by atoms with Crippen molar-refractivity contribution in [2.24, 2.45) is 0 Å². The van der Waals surface area contributed by atoms with Crippen LogP contribution in [0.15, 0.2) is 11.1 Å². The van der Waals surface area contributed by atoms with Gasteiger partial charge in [0.15, 0.2) is 11.2 Å². The van der Waals surface area contributed by atoms with E-state index in [0.29, 0.717) is 0 Å². The number of phosphoric acid groups is 2. The van der Waals surface area contributed by atoms with Gasteiger partial charge >= 0.3 is 15.6 Å². The number of nitrogens with two attached hydrogens (primary N) is 2. The summed E-state index contributed by atoms with van der Waals surface area (Å²) in [6.07, 6.45) is 1.36. The number of aromatic amines is 1. The van der Waals surface area contributed by atoms with Crippen molar-refractivity contribution >= 4 is 32.8 Å². The zero-order valence-electron chi connectivity index (χ0n) is 10.4. The number of anilines is 1. The first kappa shape index (κ1) is 20.2. The van der Waals surface area contributed by atoms with Crippen molar-refractivity contribution < 1.29 is 38.5 Å². The van der Waals surface area contributed by atoms with E-state index in [0.717, 1.165) is 4.68 Å². The molecule has 0 spiro atoms. The lowest BCUT2D eigenvalue weighted by molar-refractivity contribution is 0.272. The molecule has 0 atom stereocenters. The van der Waals surface area contributed by atoms with E-state index >= 15 is 0 Å². The van der Waals surface area contributed by atoms with E-state index in [1.165, 1.54) is 6.33 Å². The van der Waals surface area contributed by atoms with Gasteiger partial charge in [-0.25, -0.2) is 14.1 Å². The SMILES string of the molecule is Nc1nc2nc[nH]c2c(=O)n1N.O=P(O)(O)O.O=P(O)(O)O. The summed E-state index contributed by atoms with van der Waals surface area (Å²) in [6.45, 7) is 0. The lowest BCUT2D eigenvalue weighted by Gasteiger charge is -1.99. The molecule has 0 bridgehead atoms. The lowest BCUT2D eigenvalue weighted by Crippen LogP contribution is -2.30. The number of hydrogen-bond acceptors (Lipinski definition) is 7. The van der Waals surface area contributed by atoms with Gasteiger partial charge in [0.2, 0.25) is 5.95 Å². The molecule has 2 aromatic heterocycles. The normalized spacial score (nSPS) is 11.2. The second-order valence-corrected chi connectivity index (χ2v) is 5.33. The van der Waals surface area contributed by atoms with Gasteiger partial charge in [-0.15, -0.1) is 0 Å². The lowest BCUT2D eigenvalue weighted by atomic mass is 10.5. The van der Waals surface area contributed by atoms with Crippen LogP contribution in [0.3, 0.4) is 0 Å². The average molecular weight is 362 g/mol. The van der Waals surface area contributed by atoms with Crippen molar-refractivity contribution in [3.8, 4) is 0 Å². The van der Waals surface area contributed by atoms with Gasteiger partial charge in [0.1, 0.15) is 0 Å². The highest BCUT2D eigenvalue weighted by Gasteiger charge is 2.07. The number of hydrogen-bond donors (Lipinski definition) is 9. The third-order valence-electron chi connectivity index (χ3n) is 1.52. The quantitative estimate of drug-likeness (QED) is 0.163. The fourth-order valence-electron chi connectivity index (χ4n) is 0.916. The van der Waals surface area contributed by atoms with Crippen LogP contribution in [0.1, 0.15) is 0 Å². The number of nitrogens with one attached hydrogen (secondary N) is 1. The molecular formula is C5H12N6O9P2. The van der Waals surface area contributed by atoms with Crippen molar-refractivity contribution in [2.75, 3.05) is 11.6 Å². The maximum absolute atomic E-state index is 11.3. The molecule has 126 valence electrons.